The Morgan fingerprint density at radius 2 is 1.79 bits per heavy atom. The molecule has 0 radical (unpaired) electrons. The van der Waals surface area contributed by atoms with Crippen LogP contribution < -0.4 is 5.32 Å². The molecule has 1 rings (SSSR count). The molecule has 0 saturated heterocycles. The lowest BCUT2D eigenvalue weighted by atomic mass is 10.0. The number of carbonyl (C=O) groups is 1. The molecule has 4 nitrogen and oxygen atoms in total. The minimum atomic E-state index is -0.713. The first kappa shape index (κ1) is 15.7. The van der Waals surface area contributed by atoms with Crippen LogP contribution in [-0.2, 0) is 9.53 Å². The zero-order valence-corrected chi connectivity index (χ0v) is 12.0. The Morgan fingerprint density at radius 1 is 1.21 bits per heavy atom. The van der Waals surface area contributed by atoms with Gasteiger partial charge in [0.15, 0.2) is 0 Å². The lowest BCUT2D eigenvalue weighted by Gasteiger charge is -2.24. The third kappa shape index (κ3) is 4.33. The molecule has 0 heterocycles. The van der Waals surface area contributed by atoms with Crippen molar-refractivity contribution in [3.8, 4) is 0 Å². The van der Waals surface area contributed by atoms with E-state index in [1.54, 1.807) is 14.0 Å². The maximum atomic E-state index is 12.0. The molecule has 1 aromatic rings. The summed E-state index contributed by atoms with van der Waals surface area (Å²) in [6.07, 6.45) is -0.865. The molecule has 106 valence electrons. The van der Waals surface area contributed by atoms with Crippen LogP contribution in [-0.4, -0.2) is 30.3 Å². The van der Waals surface area contributed by atoms with Crippen molar-refractivity contribution >= 4 is 5.91 Å². The highest BCUT2D eigenvalue weighted by molar-refractivity contribution is 5.79. The quantitative estimate of drug-likeness (QED) is 0.826. The third-order valence-corrected chi connectivity index (χ3v) is 3.47. The molecule has 0 bridgehead atoms. The zero-order chi connectivity index (χ0) is 14.4. The van der Waals surface area contributed by atoms with Crippen LogP contribution in [0.3, 0.4) is 0 Å². The number of nitrogens with one attached hydrogen (secondary N) is 1. The second-order valence-corrected chi connectivity index (χ2v) is 4.88. The Bertz CT molecular complexity index is 394. The molecule has 0 aliphatic heterocycles. The van der Waals surface area contributed by atoms with E-state index < -0.39 is 6.10 Å². The van der Waals surface area contributed by atoms with E-state index >= 15 is 0 Å². The van der Waals surface area contributed by atoms with Crippen LogP contribution in [0.4, 0.5) is 0 Å². The number of methoxy groups -OCH3 is 1. The van der Waals surface area contributed by atoms with Gasteiger partial charge in [0.1, 0.15) is 0 Å². The normalized spacial score (nSPS) is 17.3. The molecule has 1 amide bonds. The summed E-state index contributed by atoms with van der Waals surface area (Å²) in [4.78, 5) is 12.0. The molecule has 0 aromatic heterocycles. The molecule has 0 spiro atoms. The molecule has 2 N–H and O–H groups in total. The Labute approximate surface area is 114 Å². The Balaban J connectivity index is 2.60. The van der Waals surface area contributed by atoms with E-state index in [9.17, 15) is 9.90 Å². The second-order valence-electron chi connectivity index (χ2n) is 4.88. The van der Waals surface area contributed by atoms with Gasteiger partial charge in [0, 0.05) is 7.11 Å². The smallest absolute Gasteiger partial charge is 0.225 e. The summed E-state index contributed by atoms with van der Waals surface area (Å²) in [5.74, 6) is -0.368. The van der Waals surface area contributed by atoms with Crippen LogP contribution >= 0.6 is 0 Å². The molecule has 4 atom stereocenters. The number of rotatable bonds is 6. The van der Waals surface area contributed by atoms with Gasteiger partial charge >= 0.3 is 0 Å². The SMILES string of the molecule is CO[C@@H](C)[C@@H](C)C(=O)N[C@H](C)[C@@H](O)c1ccccc1. The minimum absolute atomic E-state index is 0.114. The van der Waals surface area contributed by atoms with E-state index in [0.717, 1.165) is 5.56 Å². The number of hydrogen-bond acceptors (Lipinski definition) is 3. The lowest BCUT2D eigenvalue weighted by molar-refractivity contribution is -0.129. The average Bonchev–Trinajstić information content (AvgIpc) is 2.45. The van der Waals surface area contributed by atoms with Crippen molar-refractivity contribution in [2.75, 3.05) is 7.11 Å². The van der Waals surface area contributed by atoms with Gasteiger partial charge in [-0.2, -0.15) is 0 Å². The second kappa shape index (κ2) is 7.26. The molecule has 0 saturated carbocycles. The van der Waals surface area contributed by atoms with E-state index in [4.69, 9.17) is 4.74 Å². The summed E-state index contributed by atoms with van der Waals surface area (Å²) in [6.45, 7) is 5.45. The van der Waals surface area contributed by atoms with Crippen LogP contribution in [0.1, 0.15) is 32.4 Å². The molecule has 0 fully saturated rings. The number of benzene rings is 1. The van der Waals surface area contributed by atoms with E-state index in [1.807, 2.05) is 44.2 Å². The predicted octanol–water partition coefficient (Wildman–Crippen LogP) is 1.90. The highest BCUT2D eigenvalue weighted by Crippen LogP contribution is 2.17. The van der Waals surface area contributed by atoms with Gasteiger partial charge in [0.25, 0.3) is 0 Å². The highest BCUT2D eigenvalue weighted by atomic mass is 16.5. The first-order valence-electron chi connectivity index (χ1n) is 6.53. The largest absolute Gasteiger partial charge is 0.386 e. The van der Waals surface area contributed by atoms with Crippen molar-refractivity contribution in [1.82, 2.24) is 5.32 Å². The first-order chi connectivity index (χ1) is 8.97. The van der Waals surface area contributed by atoms with Gasteiger partial charge in [-0.1, -0.05) is 37.3 Å². The summed E-state index contributed by atoms with van der Waals surface area (Å²) in [6, 6.07) is 8.96. The number of aliphatic hydroxyl groups is 1. The van der Waals surface area contributed by atoms with Crippen LogP contribution in [0.15, 0.2) is 30.3 Å². The first-order valence-corrected chi connectivity index (χ1v) is 6.53. The lowest BCUT2D eigenvalue weighted by Crippen LogP contribution is -2.42. The van der Waals surface area contributed by atoms with Gasteiger partial charge < -0.3 is 15.2 Å². The Kier molecular flexibility index (Phi) is 5.99. The molecular weight excluding hydrogens is 242 g/mol. The van der Waals surface area contributed by atoms with Crippen molar-refractivity contribution in [3.63, 3.8) is 0 Å². The standard InChI is InChI=1S/C15H23NO3/c1-10(12(3)19-4)15(18)16-11(2)14(17)13-8-6-5-7-9-13/h5-12,14,17H,1-4H3,(H,16,18)/t10-,11-,12+,14-/m1/s1. The molecule has 0 aliphatic rings. The fourth-order valence-electron chi connectivity index (χ4n) is 1.79. The summed E-state index contributed by atoms with van der Waals surface area (Å²) < 4.78 is 5.14. The fraction of sp³-hybridized carbons (Fsp3) is 0.533. The van der Waals surface area contributed by atoms with Gasteiger partial charge in [0.2, 0.25) is 5.91 Å². The monoisotopic (exact) mass is 265 g/mol. The maximum Gasteiger partial charge on any atom is 0.225 e. The summed E-state index contributed by atoms with van der Waals surface area (Å²) in [5, 5.41) is 13.0. The van der Waals surface area contributed by atoms with Crippen molar-refractivity contribution in [1.29, 1.82) is 0 Å². The molecule has 1 aromatic carbocycles. The summed E-state index contributed by atoms with van der Waals surface area (Å²) in [5.41, 5.74) is 0.794. The fourth-order valence-corrected chi connectivity index (χ4v) is 1.79. The summed E-state index contributed by atoms with van der Waals surface area (Å²) >= 11 is 0. The highest BCUT2D eigenvalue weighted by Gasteiger charge is 2.24. The number of amides is 1. The summed E-state index contributed by atoms with van der Waals surface area (Å²) in [7, 11) is 1.58. The van der Waals surface area contributed by atoms with E-state index in [1.165, 1.54) is 0 Å². The van der Waals surface area contributed by atoms with Gasteiger partial charge in [0.05, 0.1) is 24.2 Å². The average molecular weight is 265 g/mol. The van der Waals surface area contributed by atoms with Crippen LogP contribution in [0, 0.1) is 5.92 Å². The van der Waals surface area contributed by atoms with Gasteiger partial charge in [-0.3, -0.25) is 4.79 Å². The van der Waals surface area contributed by atoms with Gasteiger partial charge in [-0.25, -0.2) is 0 Å². The molecule has 0 unspecified atom stereocenters. The van der Waals surface area contributed by atoms with E-state index in [0.29, 0.717) is 0 Å². The molecule has 0 aliphatic carbocycles. The Morgan fingerprint density at radius 3 is 2.32 bits per heavy atom. The van der Waals surface area contributed by atoms with E-state index in [2.05, 4.69) is 5.32 Å². The number of hydrogen-bond donors (Lipinski definition) is 2. The number of ether oxygens (including phenoxy) is 1. The van der Waals surface area contributed by atoms with Crippen molar-refractivity contribution < 1.29 is 14.6 Å². The third-order valence-electron chi connectivity index (χ3n) is 3.47. The van der Waals surface area contributed by atoms with Gasteiger partial charge in [-0.05, 0) is 19.4 Å². The minimum Gasteiger partial charge on any atom is -0.386 e. The van der Waals surface area contributed by atoms with Crippen LogP contribution in [0.5, 0.6) is 0 Å². The van der Waals surface area contributed by atoms with Crippen molar-refractivity contribution in [2.24, 2.45) is 5.92 Å². The maximum absolute atomic E-state index is 12.0. The van der Waals surface area contributed by atoms with Gasteiger partial charge in [-0.15, -0.1) is 0 Å². The van der Waals surface area contributed by atoms with Crippen molar-refractivity contribution in [2.45, 2.75) is 39.0 Å². The van der Waals surface area contributed by atoms with Crippen LogP contribution in [0.2, 0.25) is 0 Å². The molecular formula is C15H23NO3. The Hall–Kier alpha value is -1.39. The number of aliphatic hydroxyl groups excluding tert-OH is 1. The topological polar surface area (TPSA) is 58.6 Å². The van der Waals surface area contributed by atoms with Crippen LogP contribution in [0.25, 0.3) is 0 Å². The molecule has 4 heteroatoms. The van der Waals surface area contributed by atoms with E-state index in [-0.39, 0.29) is 24.0 Å². The molecule has 19 heavy (non-hydrogen) atoms. The van der Waals surface area contributed by atoms with Crippen molar-refractivity contribution in [3.05, 3.63) is 35.9 Å². The predicted molar refractivity (Wildman–Crippen MR) is 74.6 cm³/mol. The zero-order valence-electron chi connectivity index (χ0n) is 12.0. The number of carbonyl (C=O) groups excluding carboxylic acids is 1.